The molecule has 4 heteroatoms. The molecule has 20 heavy (non-hydrogen) atoms. The SMILES string of the molecule is CCc1ccsc1C(=O)NCC1(O)CCC(CC)CC1. The zero-order valence-corrected chi connectivity index (χ0v) is 13.3. The molecule has 0 atom stereocenters. The van der Waals surface area contributed by atoms with E-state index in [-0.39, 0.29) is 5.91 Å². The van der Waals surface area contributed by atoms with Crippen LogP contribution < -0.4 is 5.32 Å². The van der Waals surface area contributed by atoms with Gasteiger partial charge in [0.25, 0.3) is 5.91 Å². The molecule has 1 aromatic rings. The number of hydrogen-bond acceptors (Lipinski definition) is 3. The molecule has 0 aromatic carbocycles. The zero-order chi connectivity index (χ0) is 14.6. The Kier molecular flexibility index (Phi) is 5.22. The minimum absolute atomic E-state index is 0.0390. The van der Waals surface area contributed by atoms with Gasteiger partial charge in [0.2, 0.25) is 0 Å². The van der Waals surface area contributed by atoms with Crippen molar-refractivity contribution in [3.63, 3.8) is 0 Å². The second-order valence-electron chi connectivity index (χ2n) is 5.89. The summed E-state index contributed by atoms with van der Waals surface area (Å²) in [5.74, 6) is 0.706. The Hall–Kier alpha value is -0.870. The van der Waals surface area contributed by atoms with Crippen molar-refractivity contribution >= 4 is 17.2 Å². The van der Waals surface area contributed by atoms with E-state index in [2.05, 4.69) is 19.2 Å². The van der Waals surface area contributed by atoms with Crippen LogP contribution in [0.4, 0.5) is 0 Å². The van der Waals surface area contributed by atoms with Gasteiger partial charge in [0.05, 0.1) is 10.5 Å². The molecule has 0 saturated heterocycles. The van der Waals surface area contributed by atoms with Gasteiger partial charge in [-0.15, -0.1) is 11.3 Å². The van der Waals surface area contributed by atoms with Crippen molar-refractivity contribution in [2.45, 2.75) is 58.0 Å². The van der Waals surface area contributed by atoms with Crippen molar-refractivity contribution in [1.29, 1.82) is 0 Å². The van der Waals surface area contributed by atoms with Crippen molar-refractivity contribution < 1.29 is 9.90 Å². The van der Waals surface area contributed by atoms with Crippen LogP contribution >= 0.6 is 11.3 Å². The summed E-state index contributed by atoms with van der Waals surface area (Å²) in [5.41, 5.74) is 0.388. The van der Waals surface area contributed by atoms with Gasteiger partial charge in [0.15, 0.2) is 0 Å². The van der Waals surface area contributed by atoms with Crippen molar-refractivity contribution in [1.82, 2.24) is 5.32 Å². The Morgan fingerprint density at radius 1 is 1.45 bits per heavy atom. The van der Waals surface area contributed by atoms with Gasteiger partial charge in [-0.25, -0.2) is 0 Å². The van der Waals surface area contributed by atoms with E-state index in [9.17, 15) is 9.90 Å². The van der Waals surface area contributed by atoms with E-state index in [0.29, 0.717) is 6.54 Å². The maximum absolute atomic E-state index is 12.2. The number of carbonyl (C=O) groups is 1. The summed E-state index contributed by atoms with van der Waals surface area (Å²) in [5, 5.41) is 15.4. The number of aryl methyl sites for hydroxylation is 1. The molecular weight excluding hydrogens is 270 g/mol. The smallest absolute Gasteiger partial charge is 0.261 e. The molecule has 0 unspecified atom stereocenters. The van der Waals surface area contributed by atoms with Crippen molar-refractivity contribution in [2.24, 2.45) is 5.92 Å². The molecule has 1 aliphatic rings. The Morgan fingerprint density at radius 3 is 2.75 bits per heavy atom. The van der Waals surface area contributed by atoms with Gasteiger partial charge in [-0.2, -0.15) is 0 Å². The maximum atomic E-state index is 12.2. The number of aliphatic hydroxyl groups is 1. The van der Waals surface area contributed by atoms with E-state index >= 15 is 0 Å². The molecule has 1 aromatic heterocycles. The van der Waals surface area contributed by atoms with Crippen LogP contribution in [-0.2, 0) is 6.42 Å². The number of carbonyl (C=O) groups excluding carboxylic acids is 1. The standard InChI is InChI=1S/C16H25NO2S/c1-3-12-5-8-16(19,9-6-12)11-17-15(18)14-13(4-2)7-10-20-14/h7,10,12,19H,3-6,8-9,11H2,1-2H3,(H,17,18). The van der Waals surface area contributed by atoms with Gasteiger partial charge >= 0.3 is 0 Å². The minimum atomic E-state index is -0.703. The second-order valence-corrected chi connectivity index (χ2v) is 6.80. The Balaban J connectivity index is 1.87. The quantitative estimate of drug-likeness (QED) is 0.875. The van der Waals surface area contributed by atoms with E-state index in [0.717, 1.165) is 48.5 Å². The fourth-order valence-electron chi connectivity index (χ4n) is 2.94. The van der Waals surface area contributed by atoms with E-state index < -0.39 is 5.60 Å². The first kappa shape index (κ1) is 15.5. The molecule has 3 nitrogen and oxygen atoms in total. The fourth-order valence-corrected chi connectivity index (χ4v) is 3.85. The number of rotatable bonds is 5. The second kappa shape index (κ2) is 6.72. The van der Waals surface area contributed by atoms with Crippen LogP contribution in [0.3, 0.4) is 0 Å². The lowest BCUT2D eigenvalue weighted by atomic mass is 9.78. The molecule has 0 spiro atoms. The zero-order valence-electron chi connectivity index (χ0n) is 12.4. The maximum Gasteiger partial charge on any atom is 0.261 e. The normalized spacial score (nSPS) is 26.4. The Bertz CT molecular complexity index is 447. The van der Waals surface area contributed by atoms with Crippen molar-refractivity contribution in [2.75, 3.05) is 6.54 Å². The molecule has 2 N–H and O–H groups in total. The Labute approximate surface area is 125 Å². The number of thiophene rings is 1. The summed E-state index contributed by atoms with van der Waals surface area (Å²) in [7, 11) is 0. The highest BCUT2D eigenvalue weighted by atomic mass is 32.1. The first-order valence-corrected chi connectivity index (χ1v) is 8.53. The van der Waals surface area contributed by atoms with Gasteiger partial charge in [-0.1, -0.05) is 20.3 Å². The van der Waals surface area contributed by atoms with Crippen LogP contribution in [0.1, 0.15) is 61.2 Å². The summed E-state index contributed by atoms with van der Waals surface area (Å²) >= 11 is 1.48. The molecule has 2 rings (SSSR count). The van der Waals surface area contributed by atoms with E-state index in [4.69, 9.17) is 0 Å². The van der Waals surface area contributed by atoms with Crippen LogP contribution in [0.15, 0.2) is 11.4 Å². The van der Waals surface area contributed by atoms with E-state index in [1.807, 2.05) is 11.4 Å². The first-order chi connectivity index (χ1) is 9.58. The van der Waals surface area contributed by atoms with E-state index in [1.54, 1.807) is 0 Å². The summed E-state index contributed by atoms with van der Waals surface area (Å²) in [6.07, 6.45) is 5.81. The Morgan fingerprint density at radius 2 is 2.15 bits per heavy atom. The highest BCUT2D eigenvalue weighted by molar-refractivity contribution is 7.12. The monoisotopic (exact) mass is 295 g/mol. The average Bonchev–Trinajstić information content (AvgIpc) is 2.94. The third-order valence-corrected chi connectivity index (χ3v) is 5.48. The highest BCUT2D eigenvalue weighted by Crippen LogP contribution is 2.33. The molecule has 1 fully saturated rings. The predicted octanol–water partition coefficient (Wildman–Crippen LogP) is 3.37. The van der Waals surface area contributed by atoms with Crippen LogP contribution in [0.5, 0.6) is 0 Å². The lowest BCUT2D eigenvalue weighted by Gasteiger charge is -2.35. The number of nitrogens with one attached hydrogen (secondary N) is 1. The van der Waals surface area contributed by atoms with Crippen molar-refractivity contribution in [3.8, 4) is 0 Å². The number of amides is 1. The van der Waals surface area contributed by atoms with Gasteiger partial charge in [0.1, 0.15) is 0 Å². The highest BCUT2D eigenvalue weighted by Gasteiger charge is 2.33. The molecular formula is C16H25NO2S. The van der Waals surface area contributed by atoms with Crippen molar-refractivity contribution in [3.05, 3.63) is 21.9 Å². The van der Waals surface area contributed by atoms with Gasteiger partial charge in [-0.3, -0.25) is 4.79 Å². The lowest BCUT2D eigenvalue weighted by molar-refractivity contribution is -0.00784. The lowest BCUT2D eigenvalue weighted by Crippen LogP contribution is -2.45. The van der Waals surface area contributed by atoms with Crippen LogP contribution in [0.2, 0.25) is 0 Å². The summed E-state index contributed by atoms with van der Waals surface area (Å²) < 4.78 is 0. The minimum Gasteiger partial charge on any atom is -0.388 e. The molecule has 1 heterocycles. The van der Waals surface area contributed by atoms with E-state index in [1.165, 1.54) is 17.8 Å². The molecule has 0 radical (unpaired) electrons. The third kappa shape index (κ3) is 3.61. The summed E-state index contributed by atoms with van der Waals surface area (Å²) in [4.78, 5) is 13.0. The molecule has 112 valence electrons. The van der Waals surface area contributed by atoms with Gasteiger partial charge in [0, 0.05) is 6.54 Å². The summed E-state index contributed by atoms with van der Waals surface area (Å²) in [6.45, 7) is 4.64. The topological polar surface area (TPSA) is 49.3 Å². The third-order valence-electron chi connectivity index (χ3n) is 4.53. The molecule has 1 saturated carbocycles. The molecule has 0 bridgehead atoms. The first-order valence-electron chi connectivity index (χ1n) is 7.65. The molecule has 1 aliphatic carbocycles. The van der Waals surface area contributed by atoms with Gasteiger partial charge < -0.3 is 10.4 Å². The molecule has 1 amide bonds. The van der Waals surface area contributed by atoms with Gasteiger partial charge in [-0.05, 0) is 55.0 Å². The van der Waals surface area contributed by atoms with Crippen LogP contribution in [-0.4, -0.2) is 23.2 Å². The molecule has 0 aliphatic heterocycles. The largest absolute Gasteiger partial charge is 0.388 e. The fraction of sp³-hybridized carbons (Fsp3) is 0.688. The summed E-state index contributed by atoms with van der Waals surface area (Å²) in [6, 6.07) is 2.00. The van der Waals surface area contributed by atoms with Crippen LogP contribution in [0, 0.1) is 5.92 Å². The van der Waals surface area contributed by atoms with Crippen LogP contribution in [0.25, 0.3) is 0 Å². The average molecular weight is 295 g/mol. The number of hydrogen-bond donors (Lipinski definition) is 2. The predicted molar refractivity (Wildman–Crippen MR) is 83.2 cm³/mol.